The largest absolute Gasteiger partial charge is 0.276 e. The third-order valence-corrected chi connectivity index (χ3v) is 2.78. The van der Waals surface area contributed by atoms with Crippen molar-refractivity contribution in [3.05, 3.63) is 33.3 Å². The number of carbonyl (C=O) groups is 1. The lowest BCUT2D eigenvalue weighted by Crippen LogP contribution is -1.94. The summed E-state index contributed by atoms with van der Waals surface area (Å²) < 4.78 is 1.00. The minimum absolute atomic E-state index is 0.400. The van der Waals surface area contributed by atoms with Gasteiger partial charge in [-0.05, 0) is 48.7 Å². The smallest absolute Gasteiger partial charge is 0.252 e. The van der Waals surface area contributed by atoms with E-state index in [2.05, 4.69) is 15.9 Å². The van der Waals surface area contributed by atoms with E-state index >= 15 is 0 Å². The Morgan fingerprint density at radius 2 is 1.92 bits per heavy atom. The maximum Gasteiger partial charge on any atom is 0.252 e. The number of halogens is 2. The molecule has 0 aliphatic rings. The van der Waals surface area contributed by atoms with Gasteiger partial charge in [0.05, 0.1) is 0 Å². The standard InChI is InChI=1S/C9H8BrClO/c1-5-4-8(10)6(2)3-7(5)9(11)12/h3-4H,1-2H3. The highest BCUT2D eigenvalue weighted by Gasteiger charge is 2.07. The summed E-state index contributed by atoms with van der Waals surface area (Å²) >= 11 is 8.75. The summed E-state index contributed by atoms with van der Waals surface area (Å²) in [5, 5.41) is -0.400. The monoisotopic (exact) mass is 246 g/mol. The Hall–Kier alpha value is -0.340. The SMILES string of the molecule is Cc1cc(C(=O)Cl)c(C)cc1Br. The quantitative estimate of drug-likeness (QED) is 0.695. The molecule has 0 amide bonds. The van der Waals surface area contributed by atoms with E-state index in [0.717, 1.165) is 15.6 Å². The maximum atomic E-state index is 10.9. The molecule has 0 heterocycles. The topological polar surface area (TPSA) is 17.1 Å². The molecule has 0 saturated carbocycles. The lowest BCUT2D eigenvalue weighted by Gasteiger charge is -2.03. The molecule has 0 aromatic heterocycles. The first-order valence-corrected chi connectivity index (χ1v) is 4.66. The molecule has 0 N–H and O–H groups in total. The Labute approximate surface area is 84.9 Å². The molecule has 1 rings (SSSR count). The number of carbonyl (C=O) groups excluding carboxylic acids is 1. The molecule has 0 atom stereocenters. The van der Waals surface area contributed by atoms with Crippen molar-refractivity contribution in [1.29, 1.82) is 0 Å². The minimum atomic E-state index is -0.400. The van der Waals surface area contributed by atoms with Gasteiger partial charge in [-0.2, -0.15) is 0 Å². The third kappa shape index (κ3) is 1.87. The first-order valence-electron chi connectivity index (χ1n) is 3.49. The molecule has 1 aromatic carbocycles. The molecule has 0 spiro atoms. The van der Waals surface area contributed by atoms with Crippen LogP contribution in [0.3, 0.4) is 0 Å². The second-order valence-electron chi connectivity index (χ2n) is 2.69. The fourth-order valence-corrected chi connectivity index (χ4v) is 1.65. The van der Waals surface area contributed by atoms with Gasteiger partial charge < -0.3 is 0 Å². The number of rotatable bonds is 1. The van der Waals surface area contributed by atoms with Crippen molar-refractivity contribution in [3.8, 4) is 0 Å². The summed E-state index contributed by atoms with van der Waals surface area (Å²) in [6.45, 7) is 3.78. The summed E-state index contributed by atoms with van der Waals surface area (Å²) in [6.07, 6.45) is 0. The molecule has 0 aliphatic carbocycles. The first kappa shape index (κ1) is 9.75. The van der Waals surface area contributed by atoms with Gasteiger partial charge >= 0.3 is 0 Å². The summed E-state index contributed by atoms with van der Waals surface area (Å²) in [7, 11) is 0. The van der Waals surface area contributed by atoms with Crippen LogP contribution >= 0.6 is 27.5 Å². The molecule has 0 saturated heterocycles. The van der Waals surface area contributed by atoms with Crippen molar-refractivity contribution in [3.63, 3.8) is 0 Å². The van der Waals surface area contributed by atoms with E-state index in [1.54, 1.807) is 6.07 Å². The van der Waals surface area contributed by atoms with Crippen LogP contribution < -0.4 is 0 Å². The van der Waals surface area contributed by atoms with Gasteiger partial charge in [-0.15, -0.1) is 0 Å². The van der Waals surface area contributed by atoms with Crippen molar-refractivity contribution < 1.29 is 4.79 Å². The van der Waals surface area contributed by atoms with Gasteiger partial charge in [0, 0.05) is 10.0 Å². The highest BCUT2D eigenvalue weighted by molar-refractivity contribution is 9.10. The maximum absolute atomic E-state index is 10.9. The average Bonchev–Trinajstić information content (AvgIpc) is 1.96. The summed E-state index contributed by atoms with van der Waals surface area (Å²) in [5.74, 6) is 0. The fraction of sp³-hybridized carbons (Fsp3) is 0.222. The molecule has 0 fully saturated rings. The third-order valence-electron chi connectivity index (χ3n) is 1.72. The lowest BCUT2D eigenvalue weighted by atomic mass is 10.1. The van der Waals surface area contributed by atoms with Crippen LogP contribution in [0.1, 0.15) is 21.5 Å². The van der Waals surface area contributed by atoms with Gasteiger partial charge in [0.15, 0.2) is 0 Å². The predicted molar refractivity (Wildman–Crippen MR) is 53.8 cm³/mol. The van der Waals surface area contributed by atoms with Gasteiger partial charge in [0.25, 0.3) is 5.24 Å². The van der Waals surface area contributed by atoms with Crippen LogP contribution in [0.15, 0.2) is 16.6 Å². The molecule has 0 radical (unpaired) electrons. The summed E-state index contributed by atoms with van der Waals surface area (Å²) in [4.78, 5) is 10.9. The van der Waals surface area contributed by atoms with Crippen LogP contribution in [-0.4, -0.2) is 5.24 Å². The van der Waals surface area contributed by atoms with E-state index in [1.165, 1.54) is 0 Å². The Morgan fingerprint density at radius 3 is 2.42 bits per heavy atom. The van der Waals surface area contributed by atoms with Crippen LogP contribution in [0.25, 0.3) is 0 Å². The van der Waals surface area contributed by atoms with Gasteiger partial charge in [-0.1, -0.05) is 15.9 Å². The molecule has 1 nitrogen and oxygen atoms in total. The van der Waals surface area contributed by atoms with Crippen LogP contribution in [0.2, 0.25) is 0 Å². The zero-order chi connectivity index (χ0) is 9.30. The van der Waals surface area contributed by atoms with Crippen molar-refractivity contribution in [2.24, 2.45) is 0 Å². The molecule has 3 heteroatoms. The van der Waals surface area contributed by atoms with Gasteiger partial charge in [-0.3, -0.25) is 4.79 Å². The Balaban J connectivity index is 3.33. The van der Waals surface area contributed by atoms with E-state index in [9.17, 15) is 4.79 Å². The van der Waals surface area contributed by atoms with Crippen molar-refractivity contribution in [2.75, 3.05) is 0 Å². The summed E-state index contributed by atoms with van der Waals surface area (Å²) in [5.41, 5.74) is 2.49. The zero-order valence-corrected chi connectivity index (χ0v) is 9.16. The van der Waals surface area contributed by atoms with E-state index in [1.807, 2.05) is 19.9 Å². The zero-order valence-electron chi connectivity index (χ0n) is 6.82. The Kier molecular flexibility index (Phi) is 2.91. The van der Waals surface area contributed by atoms with Crippen LogP contribution in [0.4, 0.5) is 0 Å². The number of hydrogen-bond donors (Lipinski definition) is 0. The fourth-order valence-electron chi connectivity index (χ4n) is 0.993. The van der Waals surface area contributed by atoms with E-state index < -0.39 is 5.24 Å². The molecule has 12 heavy (non-hydrogen) atoms. The summed E-state index contributed by atoms with van der Waals surface area (Å²) in [6, 6.07) is 3.68. The lowest BCUT2D eigenvalue weighted by molar-refractivity contribution is 0.108. The second-order valence-corrected chi connectivity index (χ2v) is 3.89. The van der Waals surface area contributed by atoms with Crippen LogP contribution in [-0.2, 0) is 0 Å². The van der Waals surface area contributed by atoms with Gasteiger partial charge in [0.2, 0.25) is 0 Å². The highest BCUT2D eigenvalue weighted by Crippen LogP contribution is 2.21. The molecule has 0 unspecified atom stereocenters. The van der Waals surface area contributed by atoms with Crippen molar-refractivity contribution in [1.82, 2.24) is 0 Å². The van der Waals surface area contributed by atoms with Crippen molar-refractivity contribution >= 4 is 32.8 Å². The first-order chi connectivity index (χ1) is 5.52. The van der Waals surface area contributed by atoms with Crippen LogP contribution in [0, 0.1) is 13.8 Å². The highest BCUT2D eigenvalue weighted by atomic mass is 79.9. The molecular weight excluding hydrogens is 239 g/mol. The van der Waals surface area contributed by atoms with Crippen molar-refractivity contribution in [2.45, 2.75) is 13.8 Å². The molecule has 64 valence electrons. The predicted octanol–water partition coefficient (Wildman–Crippen LogP) is 3.44. The number of aryl methyl sites for hydroxylation is 2. The molecule has 0 aliphatic heterocycles. The molecular formula is C9H8BrClO. The van der Waals surface area contributed by atoms with E-state index in [4.69, 9.17) is 11.6 Å². The van der Waals surface area contributed by atoms with Crippen LogP contribution in [0.5, 0.6) is 0 Å². The van der Waals surface area contributed by atoms with E-state index in [0.29, 0.717) is 5.56 Å². The Bertz CT molecular complexity index is 334. The van der Waals surface area contributed by atoms with Gasteiger partial charge in [0.1, 0.15) is 0 Å². The number of benzene rings is 1. The number of hydrogen-bond acceptors (Lipinski definition) is 1. The molecule has 0 bridgehead atoms. The second kappa shape index (κ2) is 3.58. The van der Waals surface area contributed by atoms with E-state index in [-0.39, 0.29) is 0 Å². The minimum Gasteiger partial charge on any atom is -0.276 e. The normalized spacial score (nSPS) is 10.0. The Morgan fingerprint density at radius 1 is 1.33 bits per heavy atom. The average molecular weight is 248 g/mol. The van der Waals surface area contributed by atoms with Gasteiger partial charge in [-0.25, -0.2) is 0 Å². The molecule has 1 aromatic rings.